The van der Waals surface area contributed by atoms with E-state index in [4.69, 9.17) is 0 Å². The third kappa shape index (κ3) is 3.47. The van der Waals surface area contributed by atoms with Crippen LogP contribution in [0.15, 0.2) is 30.4 Å². The van der Waals surface area contributed by atoms with Crippen LogP contribution in [0.4, 0.5) is 0 Å². The van der Waals surface area contributed by atoms with E-state index in [1.807, 2.05) is 32.1 Å². The summed E-state index contributed by atoms with van der Waals surface area (Å²) in [5.41, 5.74) is 7.61. The van der Waals surface area contributed by atoms with Gasteiger partial charge in [0.1, 0.15) is 0 Å². The minimum Gasteiger partial charge on any atom is -0.273 e. The number of carbonyl (C=O) groups excluding carboxylic acids is 2. The fourth-order valence-corrected chi connectivity index (χ4v) is 2.39. The van der Waals surface area contributed by atoms with E-state index < -0.39 is 0 Å². The second kappa shape index (κ2) is 6.37. The first-order valence-corrected chi connectivity index (χ1v) is 6.90. The van der Waals surface area contributed by atoms with Crippen molar-refractivity contribution in [3.8, 4) is 0 Å². The number of amides is 2. The minimum atomic E-state index is -0.276. The molecule has 1 unspecified atom stereocenters. The standard InChI is InChI=1S/C16H20N2O2/c1-11-8-9-14(12(2)10-11)16(20)18-17-15(19)13-6-4-3-5-7-13/h3-4,8-10,13H,5-7H2,1-2H3,(H,17,19)(H,18,20). The molecule has 20 heavy (non-hydrogen) atoms. The fourth-order valence-electron chi connectivity index (χ4n) is 2.39. The third-order valence-corrected chi connectivity index (χ3v) is 3.57. The predicted octanol–water partition coefficient (Wildman–Crippen LogP) is 2.42. The Kier molecular flexibility index (Phi) is 4.56. The van der Waals surface area contributed by atoms with Crippen LogP contribution in [0.5, 0.6) is 0 Å². The van der Waals surface area contributed by atoms with Crippen LogP contribution >= 0.6 is 0 Å². The Morgan fingerprint density at radius 2 is 1.95 bits per heavy atom. The van der Waals surface area contributed by atoms with E-state index in [1.54, 1.807) is 6.07 Å². The monoisotopic (exact) mass is 272 g/mol. The van der Waals surface area contributed by atoms with Crippen molar-refractivity contribution in [2.24, 2.45) is 5.92 Å². The summed E-state index contributed by atoms with van der Waals surface area (Å²) in [6, 6.07) is 5.60. The summed E-state index contributed by atoms with van der Waals surface area (Å²) in [6.07, 6.45) is 6.59. The number of hydrogen-bond donors (Lipinski definition) is 2. The highest BCUT2D eigenvalue weighted by molar-refractivity contribution is 5.96. The Balaban J connectivity index is 1.91. The molecule has 1 atom stereocenters. The second-order valence-electron chi connectivity index (χ2n) is 5.24. The summed E-state index contributed by atoms with van der Waals surface area (Å²) in [5.74, 6) is -0.436. The molecule has 0 aromatic heterocycles. The Morgan fingerprint density at radius 3 is 2.60 bits per heavy atom. The summed E-state index contributed by atoms with van der Waals surface area (Å²) >= 11 is 0. The molecule has 1 aliphatic carbocycles. The summed E-state index contributed by atoms with van der Waals surface area (Å²) in [5, 5.41) is 0. The molecular weight excluding hydrogens is 252 g/mol. The van der Waals surface area contributed by atoms with Crippen molar-refractivity contribution in [3.05, 3.63) is 47.0 Å². The summed E-state index contributed by atoms with van der Waals surface area (Å²) in [7, 11) is 0. The molecule has 106 valence electrons. The SMILES string of the molecule is Cc1ccc(C(=O)NNC(=O)C2CC=CCC2)c(C)c1. The molecule has 0 saturated carbocycles. The van der Waals surface area contributed by atoms with E-state index in [2.05, 4.69) is 16.9 Å². The van der Waals surface area contributed by atoms with Crippen LogP contribution < -0.4 is 10.9 Å². The maximum atomic E-state index is 12.0. The Bertz CT molecular complexity index is 549. The zero-order chi connectivity index (χ0) is 14.5. The van der Waals surface area contributed by atoms with Gasteiger partial charge >= 0.3 is 0 Å². The minimum absolute atomic E-state index is 0.0422. The molecule has 4 heteroatoms. The number of carbonyl (C=O) groups is 2. The average molecular weight is 272 g/mol. The number of aryl methyl sites for hydroxylation is 2. The second-order valence-corrected chi connectivity index (χ2v) is 5.24. The highest BCUT2D eigenvalue weighted by atomic mass is 16.2. The van der Waals surface area contributed by atoms with Crippen molar-refractivity contribution in [2.45, 2.75) is 33.1 Å². The van der Waals surface area contributed by atoms with Crippen LogP contribution in [0.3, 0.4) is 0 Å². The van der Waals surface area contributed by atoms with Gasteiger partial charge in [-0.3, -0.25) is 20.4 Å². The highest BCUT2D eigenvalue weighted by Gasteiger charge is 2.19. The van der Waals surface area contributed by atoms with E-state index in [-0.39, 0.29) is 17.7 Å². The molecule has 0 bridgehead atoms. The normalized spacial score (nSPS) is 17.6. The highest BCUT2D eigenvalue weighted by Crippen LogP contribution is 2.17. The van der Waals surface area contributed by atoms with E-state index in [0.29, 0.717) is 5.56 Å². The zero-order valence-corrected chi connectivity index (χ0v) is 11.9. The van der Waals surface area contributed by atoms with Gasteiger partial charge in [0.15, 0.2) is 0 Å². The maximum Gasteiger partial charge on any atom is 0.269 e. The van der Waals surface area contributed by atoms with Crippen molar-refractivity contribution in [3.63, 3.8) is 0 Å². The van der Waals surface area contributed by atoms with E-state index in [1.165, 1.54) is 0 Å². The maximum absolute atomic E-state index is 12.0. The molecule has 0 saturated heterocycles. The number of nitrogens with one attached hydrogen (secondary N) is 2. The van der Waals surface area contributed by atoms with Crippen molar-refractivity contribution >= 4 is 11.8 Å². The molecule has 2 amide bonds. The van der Waals surface area contributed by atoms with Gasteiger partial charge < -0.3 is 0 Å². The Hall–Kier alpha value is -2.10. The molecule has 1 aromatic carbocycles. The van der Waals surface area contributed by atoms with Crippen LogP contribution in [-0.4, -0.2) is 11.8 Å². The van der Waals surface area contributed by atoms with Gasteiger partial charge in [-0.1, -0.05) is 29.8 Å². The van der Waals surface area contributed by atoms with Gasteiger partial charge in [0.05, 0.1) is 0 Å². The van der Waals surface area contributed by atoms with Crippen molar-refractivity contribution < 1.29 is 9.59 Å². The fraction of sp³-hybridized carbons (Fsp3) is 0.375. The van der Waals surface area contributed by atoms with Gasteiger partial charge in [-0.25, -0.2) is 0 Å². The van der Waals surface area contributed by atoms with Crippen molar-refractivity contribution in [2.75, 3.05) is 0 Å². The molecule has 0 fully saturated rings. The zero-order valence-electron chi connectivity index (χ0n) is 11.9. The van der Waals surface area contributed by atoms with E-state index in [9.17, 15) is 9.59 Å². The van der Waals surface area contributed by atoms with E-state index >= 15 is 0 Å². The predicted molar refractivity (Wildman–Crippen MR) is 78.0 cm³/mol. The molecule has 2 rings (SSSR count). The van der Waals surface area contributed by atoms with Crippen LogP contribution in [-0.2, 0) is 4.79 Å². The molecule has 2 N–H and O–H groups in total. The summed E-state index contributed by atoms with van der Waals surface area (Å²) < 4.78 is 0. The van der Waals surface area contributed by atoms with Crippen molar-refractivity contribution in [1.29, 1.82) is 0 Å². The third-order valence-electron chi connectivity index (χ3n) is 3.57. The van der Waals surface area contributed by atoms with Gasteiger partial charge in [0.2, 0.25) is 5.91 Å². The van der Waals surface area contributed by atoms with Crippen LogP contribution in [0.25, 0.3) is 0 Å². The lowest BCUT2D eigenvalue weighted by molar-refractivity contribution is -0.126. The number of rotatable bonds is 2. The van der Waals surface area contributed by atoms with Gasteiger partial charge in [-0.05, 0) is 44.7 Å². The smallest absolute Gasteiger partial charge is 0.269 e. The molecule has 0 spiro atoms. The quantitative estimate of drug-likeness (QED) is 0.641. The lowest BCUT2D eigenvalue weighted by Gasteiger charge is -2.17. The van der Waals surface area contributed by atoms with Crippen LogP contribution in [0.2, 0.25) is 0 Å². The summed E-state index contributed by atoms with van der Waals surface area (Å²) in [4.78, 5) is 23.9. The van der Waals surface area contributed by atoms with E-state index in [0.717, 1.165) is 30.4 Å². The van der Waals surface area contributed by atoms with Crippen molar-refractivity contribution in [1.82, 2.24) is 10.9 Å². The molecule has 1 aliphatic rings. The average Bonchev–Trinajstić information content (AvgIpc) is 2.45. The van der Waals surface area contributed by atoms with Gasteiger partial charge in [-0.2, -0.15) is 0 Å². The Labute approximate surface area is 119 Å². The number of allylic oxidation sites excluding steroid dienone is 2. The van der Waals surface area contributed by atoms with Gasteiger partial charge in [0.25, 0.3) is 5.91 Å². The number of benzene rings is 1. The molecular formula is C16H20N2O2. The number of hydrazine groups is 1. The molecule has 4 nitrogen and oxygen atoms in total. The lowest BCUT2D eigenvalue weighted by atomic mass is 9.94. The summed E-state index contributed by atoms with van der Waals surface area (Å²) in [6.45, 7) is 3.86. The first-order chi connectivity index (χ1) is 9.58. The van der Waals surface area contributed by atoms with Crippen LogP contribution in [0.1, 0.15) is 40.7 Å². The molecule has 0 radical (unpaired) electrons. The molecule has 0 aliphatic heterocycles. The molecule has 0 heterocycles. The number of hydrogen-bond acceptors (Lipinski definition) is 2. The van der Waals surface area contributed by atoms with Crippen LogP contribution in [0, 0.1) is 19.8 Å². The lowest BCUT2D eigenvalue weighted by Crippen LogP contribution is -2.44. The first kappa shape index (κ1) is 14.3. The Morgan fingerprint density at radius 1 is 1.15 bits per heavy atom. The van der Waals surface area contributed by atoms with Gasteiger partial charge in [0, 0.05) is 11.5 Å². The van der Waals surface area contributed by atoms with Gasteiger partial charge in [-0.15, -0.1) is 0 Å². The largest absolute Gasteiger partial charge is 0.273 e. The topological polar surface area (TPSA) is 58.2 Å². The molecule has 1 aromatic rings. The first-order valence-electron chi connectivity index (χ1n) is 6.90.